The summed E-state index contributed by atoms with van der Waals surface area (Å²) in [4.78, 5) is 0. The van der Waals surface area contributed by atoms with Crippen LogP contribution in [0.25, 0.3) is 0 Å². The van der Waals surface area contributed by atoms with Crippen molar-refractivity contribution in [3.8, 4) is 0 Å². The van der Waals surface area contributed by atoms with Gasteiger partial charge < -0.3 is 0 Å². The molecule has 0 unspecified atom stereocenters. The minimum Gasteiger partial charge on any atom is -0.0587 e. The van der Waals surface area contributed by atoms with E-state index in [2.05, 4.69) is 74.4 Å². The van der Waals surface area contributed by atoms with Gasteiger partial charge in [0, 0.05) is 0 Å². The van der Waals surface area contributed by atoms with Crippen molar-refractivity contribution < 1.29 is 0 Å². The highest BCUT2D eigenvalue weighted by molar-refractivity contribution is 5.45. The third-order valence-electron chi connectivity index (χ3n) is 3.71. The summed E-state index contributed by atoms with van der Waals surface area (Å²) in [7, 11) is 0. The van der Waals surface area contributed by atoms with Gasteiger partial charge in [-0.25, -0.2) is 0 Å². The van der Waals surface area contributed by atoms with Crippen LogP contribution in [0.1, 0.15) is 83.6 Å². The molecule has 0 spiro atoms. The lowest BCUT2D eigenvalue weighted by molar-refractivity contribution is 0.558. The molecule has 18 heavy (non-hydrogen) atoms. The Morgan fingerprint density at radius 1 is 0.778 bits per heavy atom. The van der Waals surface area contributed by atoms with Crippen molar-refractivity contribution in [2.24, 2.45) is 0 Å². The Kier molecular flexibility index (Phi) is 4.00. The van der Waals surface area contributed by atoms with Gasteiger partial charge >= 0.3 is 0 Å². The largest absolute Gasteiger partial charge is 0.0587 e. The molecule has 0 heterocycles. The Labute approximate surface area is 114 Å². The Morgan fingerprint density at radius 2 is 1.11 bits per heavy atom. The molecule has 0 radical (unpaired) electrons. The van der Waals surface area contributed by atoms with Crippen molar-refractivity contribution in [2.75, 3.05) is 0 Å². The summed E-state index contributed by atoms with van der Waals surface area (Å²) >= 11 is 0. The second kappa shape index (κ2) is 4.72. The molecule has 0 saturated heterocycles. The van der Waals surface area contributed by atoms with Crippen molar-refractivity contribution in [1.29, 1.82) is 0 Å². The number of rotatable bonds is 1. The summed E-state index contributed by atoms with van der Waals surface area (Å²) in [6.07, 6.45) is 0. The first kappa shape index (κ1) is 15.3. The van der Waals surface area contributed by atoms with E-state index in [-0.39, 0.29) is 10.8 Å². The summed E-state index contributed by atoms with van der Waals surface area (Å²) in [5, 5.41) is 0. The minimum absolute atomic E-state index is 0.217. The average molecular weight is 246 g/mol. The van der Waals surface area contributed by atoms with E-state index in [0.29, 0.717) is 5.92 Å². The molecule has 0 saturated carbocycles. The fourth-order valence-corrected chi connectivity index (χ4v) is 2.63. The smallest absolute Gasteiger partial charge is 0.0129 e. The monoisotopic (exact) mass is 246 g/mol. The maximum Gasteiger partial charge on any atom is -0.0129 e. The van der Waals surface area contributed by atoms with Gasteiger partial charge in [0.2, 0.25) is 0 Å². The van der Waals surface area contributed by atoms with Crippen LogP contribution in [0.15, 0.2) is 12.1 Å². The Morgan fingerprint density at radius 3 is 1.33 bits per heavy atom. The van der Waals surface area contributed by atoms with E-state index >= 15 is 0 Å². The molecule has 0 nitrogen and oxygen atoms in total. The maximum atomic E-state index is 2.41. The Hall–Kier alpha value is -0.780. The fourth-order valence-electron chi connectivity index (χ4n) is 2.63. The van der Waals surface area contributed by atoms with Crippen molar-refractivity contribution in [3.63, 3.8) is 0 Å². The van der Waals surface area contributed by atoms with E-state index in [1.165, 1.54) is 22.3 Å². The second-order valence-corrected chi connectivity index (χ2v) is 7.90. The zero-order chi connectivity index (χ0) is 14.3. The minimum atomic E-state index is 0.217. The van der Waals surface area contributed by atoms with Gasteiger partial charge in [-0.3, -0.25) is 0 Å². The third-order valence-corrected chi connectivity index (χ3v) is 3.71. The van der Waals surface area contributed by atoms with Gasteiger partial charge in [-0.1, -0.05) is 67.5 Å². The molecule has 0 aromatic heterocycles. The summed E-state index contributed by atoms with van der Waals surface area (Å²) in [5.41, 5.74) is 6.37. The molecule has 0 amide bonds. The van der Waals surface area contributed by atoms with Crippen LogP contribution in [-0.2, 0) is 10.8 Å². The summed E-state index contributed by atoms with van der Waals surface area (Å²) in [6, 6.07) is 4.82. The van der Waals surface area contributed by atoms with Crippen LogP contribution >= 0.6 is 0 Å². The molecule has 0 atom stereocenters. The number of hydrogen-bond acceptors (Lipinski definition) is 0. The predicted molar refractivity (Wildman–Crippen MR) is 82.7 cm³/mol. The Bertz CT molecular complexity index is 387. The maximum absolute atomic E-state index is 2.41. The van der Waals surface area contributed by atoms with Gasteiger partial charge in [-0.15, -0.1) is 0 Å². The molecule has 0 aliphatic rings. The van der Waals surface area contributed by atoms with E-state index in [1.54, 1.807) is 0 Å². The molecule has 0 bridgehead atoms. The molecule has 0 N–H and O–H groups in total. The predicted octanol–water partition coefficient (Wildman–Crippen LogP) is 5.71. The number of benzene rings is 1. The van der Waals surface area contributed by atoms with Crippen LogP contribution in [-0.4, -0.2) is 0 Å². The van der Waals surface area contributed by atoms with Crippen molar-refractivity contribution in [1.82, 2.24) is 0 Å². The molecule has 0 heteroatoms. The normalized spacial score (nSPS) is 13.2. The van der Waals surface area contributed by atoms with Crippen LogP contribution in [0.5, 0.6) is 0 Å². The molecule has 1 aromatic carbocycles. The van der Waals surface area contributed by atoms with E-state index in [0.717, 1.165) is 0 Å². The molecule has 0 fully saturated rings. The van der Waals surface area contributed by atoms with E-state index in [1.807, 2.05) is 0 Å². The van der Waals surface area contributed by atoms with E-state index in [9.17, 15) is 0 Å². The van der Waals surface area contributed by atoms with Crippen molar-refractivity contribution >= 4 is 0 Å². The first-order valence-corrected chi connectivity index (χ1v) is 7.10. The molecule has 1 rings (SSSR count). The molecule has 102 valence electrons. The summed E-state index contributed by atoms with van der Waals surface area (Å²) < 4.78 is 0. The van der Waals surface area contributed by atoms with Crippen LogP contribution in [0.2, 0.25) is 0 Å². The highest BCUT2D eigenvalue weighted by atomic mass is 14.3. The van der Waals surface area contributed by atoms with Crippen LogP contribution < -0.4 is 0 Å². The zero-order valence-corrected chi connectivity index (χ0v) is 13.7. The lowest BCUT2D eigenvalue weighted by atomic mass is 9.75. The Balaban J connectivity index is 3.59. The van der Waals surface area contributed by atoms with Crippen LogP contribution in [0, 0.1) is 6.92 Å². The SMILES string of the molecule is Cc1c(C(C)(C)C)cc(C(C)C)cc1C(C)(C)C. The lowest BCUT2D eigenvalue weighted by Gasteiger charge is -2.30. The number of hydrogen-bond donors (Lipinski definition) is 0. The van der Waals surface area contributed by atoms with Gasteiger partial charge in [-0.2, -0.15) is 0 Å². The van der Waals surface area contributed by atoms with Gasteiger partial charge in [0.15, 0.2) is 0 Å². The highest BCUT2D eigenvalue weighted by Crippen LogP contribution is 2.36. The van der Waals surface area contributed by atoms with E-state index < -0.39 is 0 Å². The average Bonchev–Trinajstić information content (AvgIpc) is 2.13. The van der Waals surface area contributed by atoms with Crippen LogP contribution in [0.4, 0.5) is 0 Å². The van der Waals surface area contributed by atoms with Crippen molar-refractivity contribution in [3.05, 3.63) is 34.4 Å². The quantitative estimate of drug-likeness (QED) is 0.595. The van der Waals surface area contributed by atoms with Gasteiger partial charge in [0.1, 0.15) is 0 Å². The van der Waals surface area contributed by atoms with Gasteiger partial charge in [0.05, 0.1) is 0 Å². The molecule has 1 aromatic rings. The fraction of sp³-hybridized carbons (Fsp3) is 0.667. The molecular formula is C18H30. The summed E-state index contributed by atoms with van der Waals surface area (Å²) in [6.45, 7) is 20.7. The van der Waals surface area contributed by atoms with Gasteiger partial charge in [0.25, 0.3) is 0 Å². The lowest BCUT2D eigenvalue weighted by Crippen LogP contribution is -2.20. The topological polar surface area (TPSA) is 0 Å². The molecule has 0 aliphatic heterocycles. The van der Waals surface area contributed by atoms with Crippen molar-refractivity contribution in [2.45, 2.75) is 79.1 Å². The summed E-state index contributed by atoms with van der Waals surface area (Å²) in [5.74, 6) is 0.591. The van der Waals surface area contributed by atoms with E-state index in [4.69, 9.17) is 0 Å². The highest BCUT2D eigenvalue weighted by Gasteiger charge is 2.24. The first-order valence-electron chi connectivity index (χ1n) is 7.10. The standard InChI is InChI=1S/C18H30/c1-12(2)14-10-15(17(4,5)6)13(3)16(11-14)18(7,8)9/h10-12H,1-9H3. The molecule has 0 aliphatic carbocycles. The third kappa shape index (κ3) is 3.16. The second-order valence-electron chi connectivity index (χ2n) is 7.90. The van der Waals surface area contributed by atoms with Gasteiger partial charge in [-0.05, 0) is 45.9 Å². The van der Waals surface area contributed by atoms with Crippen LogP contribution in [0.3, 0.4) is 0 Å². The zero-order valence-electron chi connectivity index (χ0n) is 13.7. The first-order chi connectivity index (χ1) is 7.94. The molecular weight excluding hydrogens is 216 g/mol.